The van der Waals surface area contributed by atoms with Crippen LogP contribution in [0.2, 0.25) is 5.02 Å². The van der Waals surface area contributed by atoms with Gasteiger partial charge >= 0.3 is 0 Å². The molecule has 0 aliphatic heterocycles. The third-order valence-electron chi connectivity index (χ3n) is 2.69. The van der Waals surface area contributed by atoms with Gasteiger partial charge in [0.2, 0.25) is 0 Å². The Labute approximate surface area is 119 Å². The molecule has 0 amide bonds. The topological polar surface area (TPSA) is 101 Å². The van der Waals surface area contributed by atoms with Crippen LogP contribution in [0.25, 0.3) is 0 Å². The molecule has 20 heavy (non-hydrogen) atoms. The predicted molar refractivity (Wildman–Crippen MR) is 72.7 cm³/mol. The van der Waals surface area contributed by atoms with Gasteiger partial charge in [0.15, 0.2) is 0 Å². The van der Waals surface area contributed by atoms with Crippen molar-refractivity contribution in [3.63, 3.8) is 0 Å². The molecule has 2 aromatic heterocycles. The minimum Gasteiger partial charge on any atom is -0.466 e. The van der Waals surface area contributed by atoms with Gasteiger partial charge in [-0.25, -0.2) is 4.98 Å². The van der Waals surface area contributed by atoms with E-state index < -0.39 is 10.5 Å². The second-order valence-electron chi connectivity index (χ2n) is 4.39. The van der Waals surface area contributed by atoms with E-state index in [2.05, 4.69) is 10.3 Å². The lowest BCUT2D eigenvalue weighted by atomic mass is 10.0. The fraction of sp³-hybridized carbons (Fsp3) is 0.250. The van der Waals surface area contributed by atoms with Crippen LogP contribution in [-0.2, 0) is 5.60 Å². The van der Waals surface area contributed by atoms with Crippen molar-refractivity contribution in [2.45, 2.75) is 12.5 Å². The summed E-state index contributed by atoms with van der Waals surface area (Å²) in [5, 5.41) is 23.7. The highest BCUT2D eigenvalue weighted by molar-refractivity contribution is 6.33. The Morgan fingerprint density at radius 2 is 2.40 bits per heavy atom. The Bertz CT molecular complexity index is 613. The molecule has 0 bridgehead atoms. The number of halogens is 1. The van der Waals surface area contributed by atoms with E-state index in [1.54, 1.807) is 19.1 Å². The molecule has 8 heteroatoms. The van der Waals surface area contributed by atoms with Crippen molar-refractivity contribution in [2.75, 3.05) is 11.9 Å². The zero-order valence-electron chi connectivity index (χ0n) is 10.5. The molecule has 1 unspecified atom stereocenters. The normalized spacial score (nSPS) is 13.8. The number of aliphatic hydroxyl groups is 1. The highest BCUT2D eigenvalue weighted by atomic mass is 35.5. The fourth-order valence-electron chi connectivity index (χ4n) is 1.59. The molecule has 0 saturated carbocycles. The Kier molecular flexibility index (Phi) is 3.91. The number of nitro groups is 1. The van der Waals surface area contributed by atoms with Crippen LogP contribution < -0.4 is 5.32 Å². The zero-order chi connectivity index (χ0) is 14.8. The molecule has 0 aliphatic carbocycles. The molecule has 0 aromatic carbocycles. The first-order chi connectivity index (χ1) is 9.40. The van der Waals surface area contributed by atoms with Crippen molar-refractivity contribution in [1.82, 2.24) is 4.98 Å². The summed E-state index contributed by atoms with van der Waals surface area (Å²) in [7, 11) is 0. The van der Waals surface area contributed by atoms with Crippen LogP contribution in [0.5, 0.6) is 0 Å². The summed E-state index contributed by atoms with van der Waals surface area (Å²) in [4.78, 5) is 13.8. The van der Waals surface area contributed by atoms with E-state index in [0.717, 1.165) is 6.20 Å². The Balaban J connectivity index is 2.10. The standard InChI is InChI=1S/C12H12ClN3O4/c1-12(17,10-3-2-4-20-10)7-15-11-9(13)5-8(6-14-11)16(18)19/h2-6,17H,7H2,1H3,(H,14,15). The average Bonchev–Trinajstić information content (AvgIpc) is 2.91. The van der Waals surface area contributed by atoms with Crippen LogP contribution in [0, 0.1) is 10.1 Å². The minimum atomic E-state index is -1.25. The number of rotatable bonds is 5. The van der Waals surface area contributed by atoms with Gasteiger partial charge in [-0.3, -0.25) is 10.1 Å². The average molecular weight is 298 g/mol. The predicted octanol–water partition coefficient (Wildman–Crippen LogP) is 2.56. The lowest BCUT2D eigenvalue weighted by molar-refractivity contribution is -0.385. The monoisotopic (exact) mass is 297 g/mol. The summed E-state index contributed by atoms with van der Waals surface area (Å²) in [6.45, 7) is 1.66. The van der Waals surface area contributed by atoms with Crippen molar-refractivity contribution in [3.05, 3.63) is 51.6 Å². The maximum Gasteiger partial charge on any atom is 0.289 e. The number of nitrogens with one attached hydrogen (secondary N) is 1. The molecular formula is C12H12ClN3O4. The molecular weight excluding hydrogens is 286 g/mol. The number of pyridine rings is 1. The lowest BCUT2D eigenvalue weighted by Crippen LogP contribution is -2.30. The molecule has 7 nitrogen and oxygen atoms in total. The third-order valence-corrected chi connectivity index (χ3v) is 2.98. The number of nitrogens with zero attached hydrogens (tertiary/aromatic N) is 2. The van der Waals surface area contributed by atoms with E-state index in [1.807, 2.05) is 0 Å². The van der Waals surface area contributed by atoms with Crippen LogP contribution in [0.15, 0.2) is 35.1 Å². The SMILES string of the molecule is CC(O)(CNc1ncc([N+](=O)[O-])cc1Cl)c1ccco1. The maximum atomic E-state index is 10.6. The van der Waals surface area contributed by atoms with Crippen molar-refractivity contribution in [2.24, 2.45) is 0 Å². The highest BCUT2D eigenvalue weighted by Gasteiger charge is 2.26. The van der Waals surface area contributed by atoms with Crippen molar-refractivity contribution >= 4 is 23.1 Å². The summed E-state index contributed by atoms with van der Waals surface area (Å²) < 4.78 is 5.13. The van der Waals surface area contributed by atoms with E-state index in [0.29, 0.717) is 5.76 Å². The van der Waals surface area contributed by atoms with E-state index in [9.17, 15) is 15.2 Å². The van der Waals surface area contributed by atoms with Gasteiger partial charge in [-0.1, -0.05) is 11.6 Å². The Hall–Kier alpha value is -2.12. The van der Waals surface area contributed by atoms with Gasteiger partial charge in [0, 0.05) is 6.07 Å². The van der Waals surface area contributed by atoms with E-state index in [4.69, 9.17) is 16.0 Å². The summed E-state index contributed by atoms with van der Waals surface area (Å²) in [6, 6.07) is 4.51. The van der Waals surface area contributed by atoms with Gasteiger partial charge in [0.25, 0.3) is 5.69 Å². The molecule has 2 aromatic rings. The first kappa shape index (κ1) is 14.3. The quantitative estimate of drug-likeness (QED) is 0.649. The van der Waals surface area contributed by atoms with Crippen LogP contribution in [0.1, 0.15) is 12.7 Å². The molecule has 0 spiro atoms. The number of furan rings is 1. The fourth-order valence-corrected chi connectivity index (χ4v) is 1.81. The first-order valence-electron chi connectivity index (χ1n) is 5.70. The second kappa shape index (κ2) is 5.48. The molecule has 2 N–H and O–H groups in total. The van der Waals surface area contributed by atoms with Crippen LogP contribution in [0.4, 0.5) is 11.5 Å². The third kappa shape index (κ3) is 3.06. The van der Waals surface area contributed by atoms with Gasteiger partial charge in [-0.15, -0.1) is 0 Å². The number of anilines is 1. The Morgan fingerprint density at radius 3 is 2.95 bits per heavy atom. The minimum absolute atomic E-state index is 0.0883. The molecule has 1 atom stereocenters. The van der Waals surface area contributed by atoms with Gasteiger partial charge in [-0.2, -0.15) is 0 Å². The van der Waals surface area contributed by atoms with Crippen molar-refractivity contribution < 1.29 is 14.4 Å². The highest BCUT2D eigenvalue weighted by Crippen LogP contribution is 2.26. The second-order valence-corrected chi connectivity index (χ2v) is 4.79. The van der Waals surface area contributed by atoms with Gasteiger partial charge < -0.3 is 14.8 Å². The molecule has 0 aliphatic rings. The lowest BCUT2D eigenvalue weighted by Gasteiger charge is -2.21. The van der Waals surface area contributed by atoms with Gasteiger partial charge in [0.1, 0.15) is 23.4 Å². The summed E-state index contributed by atoms with van der Waals surface area (Å²) in [6.07, 6.45) is 2.55. The summed E-state index contributed by atoms with van der Waals surface area (Å²) >= 11 is 5.89. The van der Waals surface area contributed by atoms with Gasteiger partial charge in [-0.05, 0) is 19.1 Å². The molecule has 106 valence electrons. The van der Waals surface area contributed by atoms with Crippen LogP contribution in [0.3, 0.4) is 0 Å². The van der Waals surface area contributed by atoms with Crippen LogP contribution in [-0.4, -0.2) is 21.6 Å². The summed E-state index contributed by atoms with van der Waals surface area (Å²) in [5.74, 6) is 0.645. The largest absolute Gasteiger partial charge is 0.466 e. The Morgan fingerprint density at radius 1 is 1.65 bits per heavy atom. The molecule has 0 saturated heterocycles. The van der Waals surface area contributed by atoms with Crippen molar-refractivity contribution in [3.8, 4) is 0 Å². The number of hydrogen-bond acceptors (Lipinski definition) is 6. The molecule has 0 radical (unpaired) electrons. The van der Waals surface area contributed by atoms with Gasteiger partial charge in [0.05, 0.1) is 22.8 Å². The van der Waals surface area contributed by atoms with E-state index in [-0.39, 0.29) is 23.1 Å². The van der Waals surface area contributed by atoms with Crippen LogP contribution >= 0.6 is 11.6 Å². The smallest absolute Gasteiger partial charge is 0.289 e. The number of hydrogen-bond donors (Lipinski definition) is 2. The summed E-state index contributed by atoms with van der Waals surface area (Å²) in [5.41, 5.74) is -1.45. The zero-order valence-corrected chi connectivity index (χ0v) is 11.3. The maximum absolute atomic E-state index is 10.6. The molecule has 0 fully saturated rings. The molecule has 2 rings (SSSR count). The number of aromatic nitrogens is 1. The van der Waals surface area contributed by atoms with E-state index in [1.165, 1.54) is 12.3 Å². The van der Waals surface area contributed by atoms with E-state index >= 15 is 0 Å². The first-order valence-corrected chi connectivity index (χ1v) is 6.08. The molecule has 2 heterocycles. The van der Waals surface area contributed by atoms with Crippen molar-refractivity contribution in [1.29, 1.82) is 0 Å².